The number of carbonyl (C=O) groups is 4. The maximum absolute atomic E-state index is 11.3. The Kier molecular flexibility index (Phi) is 6.11. The highest BCUT2D eigenvalue weighted by atomic mass is 16.6. The highest BCUT2D eigenvalue weighted by molar-refractivity contribution is 6.00. The monoisotopic (exact) mass is 260 g/mol. The molecule has 100 valence electrons. The van der Waals surface area contributed by atoms with Crippen LogP contribution >= 0.6 is 0 Å². The zero-order chi connectivity index (χ0) is 14.3. The first-order chi connectivity index (χ1) is 8.33. The molecule has 0 radical (unpaired) electrons. The molecule has 0 aliphatic heterocycles. The van der Waals surface area contributed by atoms with Crippen LogP contribution < -0.4 is 0 Å². The molecule has 8 heteroatoms. The van der Waals surface area contributed by atoms with E-state index in [2.05, 4.69) is 18.9 Å². The van der Waals surface area contributed by atoms with E-state index in [1.165, 1.54) is 0 Å². The molecule has 0 aromatic carbocycles. The second-order valence-electron chi connectivity index (χ2n) is 2.83. The lowest BCUT2D eigenvalue weighted by molar-refractivity contribution is -0.154. The van der Waals surface area contributed by atoms with Crippen LogP contribution in [0.4, 0.5) is 0 Å². The molecule has 0 N–H and O–H groups in total. The Hall–Kier alpha value is -2.38. The van der Waals surface area contributed by atoms with E-state index in [1.807, 2.05) is 0 Å². The summed E-state index contributed by atoms with van der Waals surface area (Å²) in [5.74, 6) is -5.83. The van der Waals surface area contributed by atoms with Gasteiger partial charge in [0.1, 0.15) is 0 Å². The smallest absolute Gasteiger partial charge is 0.378 e. The second kappa shape index (κ2) is 7.05. The molecule has 0 aliphatic carbocycles. The highest BCUT2D eigenvalue weighted by Crippen LogP contribution is 2.13. The molecular weight excluding hydrogens is 248 g/mol. The van der Waals surface area contributed by atoms with Crippen molar-refractivity contribution in [3.05, 3.63) is 11.5 Å². The van der Waals surface area contributed by atoms with Gasteiger partial charge in [0, 0.05) is 13.8 Å². The molecule has 0 bridgehead atoms. The number of esters is 4. The first-order valence-corrected chi connectivity index (χ1v) is 4.61. The maximum atomic E-state index is 11.3. The van der Waals surface area contributed by atoms with Crippen molar-refractivity contribution < 1.29 is 38.1 Å². The summed E-state index contributed by atoms with van der Waals surface area (Å²) >= 11 is 0. The molecule has 0 rings (SSSR count). The standard InChI is InChI=1S/C10H12O8/c1-5(11)17-7(9(13)15-3)8(10(14)16-4)18-6(2)12/h1-4H3/b8-7-. The van der Waals surface area contributed by atoms with Crippen molar-refractivity contribution in [3.8, 4) is 0 Å². The Morgan fingerprint density at radius 1 is 0.667 bits per heavy atom. The Morgan fingerprint density at radius 3 is 1.11 bits per heavy atom. The van der Waals surface area contributed by atoms with Crippen molar-refractivity contribution in [1.82, 2.24) is 0 Å². The van der Waals surface area contributed by atoms with E-state index in [1.54, 1.807) is 0 Å². The zero-order valence-electron chi connectivity index (χ0n) is 10.3. The molecule has 0 fully saturated rings. The molecule has 0 aromatic rings. The van der Waals surface area contributed by atoms with Gasteiger partial charge < -0.3 is 18.9 Å². The average molecular weight is 260 g/mol. The molecule has 0 unspecified atom stereocenters. The third-order valence-electron chi connectivity index (χ3n) is 1.44. The average Bonchev–Trinajstić information content (AvgIpc) is 2.30. The van der Waals surface area contributed by atoms with Crippen LogP contribution in [0.3, 0.4) is 0 Å². The van der Waals surface area contributed by atoms with Gasteiger partial charge in [0.2, 0.25) is 0 Å². The summed E-state index contributed by atoms with van der Waals surface area (Å²) in [6.07, 6.45) is 0. The van der Waals surface area contributed by atoms with Crippen molar-refractivity contribution in [1.29, 1.82) is 0 Å². The molecule has 0 atom stereocenters. The van der Waals surface area contributed by atoms with E-state index >= 15 is 0 Å². The van der Waals surface area contributed by atoms with Crippen LogP contribution in [0, 0.1) is 0 Å². The van der Waals surface area contributed by atoms with Crippen LogP contribution in [0.1, 0.15) is 13.8 Å². The Labute approximate surface area is 102 Å². The predicted molar refractivity (Wildman–Crippen MR) is 54.6 cm³/mol. The van der Waals surface area contributed by atoms with Crippen molar-refractivity contribution in [3.63, 3.8) is 0 Å². The Bertz CT molecular complexity index is 368. The number of ether oxygens (including phenoxy) is 4. The highest BCUT2D eigenvalue weighted by Gasteiger charge is 2.29. The largest absolute Gasteiger partial charge is 0.463 e. The summed E-state index contributed by atoms with van der Waals surface area (Å²) in [5, 5.41) is 0. The van der Waals surface area contributed by atoms with E-state index in [0.29, 0.717) is 0 Å². The minimum absolute atomic E-state index is 0.855. The molecule has 18 heavy (non-hydrogen) atoms. The molecule has 0 saturated heterocycles. The minimum atomic E-state index is -1.16. The van der Waals surface area contributed by atoms with Crippen molar-refractivity contribution >= 4 is 23.9 Å². The summed E-state index contributed by atoms with van der Waals surface area (Å²) in [4.78, 5) is 44.3. The normalized spacial score (nSPS) is 10.9. The lowest BCUT2D eigenvalue weighted by atomic mass is 10.4. The van der Waals surface area contributed by atoms with Gasteiger partial charge in [-0.15, -0.1) is 0 Å². The molecule has 0 heterocycles. The van der Waals surface area contributed by atoms with Crippen molar-refractivity contribution in [2.45, 2.75) is 13.8 Å². The van der Waals surface area contributed by atoms with Crippen LogP contribution in [0.25, 0.3) is 0 Å². The van der Waals surface area contributed by atoms with E-state index in [9.17, 15) is 19.2 Å². The van der Waals surface area contributed by atoms with Gasteiger partial charge in [-0.25, -0.2) is 9.59 Å². The third kappa shape index (κ3) is 4.64. The van der Waals surface area contributed by atoms with Gasteiger partial charge in [-0.05, 0) is 0 Å². The summed E-state index contributed by atoms with van der Waals surface area (Å²) < 4.78 is 17.5. The number of carbonyl (C=O) groups excluding carboxylic acids is 4. The van der Waals surface area contributed by atoms with E-state index in [4.69, 9.17) is 0 Å². The fourth-order valence-electron chi connectivity index (χ4n) is 0.834. The van der Waals surface area contributed by atoms with E-state index < -0.39 is 35.4 Å². The quantitative estimate of drug-likeness (QED) is 0.293. The Balaban J connectivity index is 5.64. The fraction of sp³-hybridized carbons (Fsp3) is 0.400. The van der Waals surface area contributed by atoms with Crippen LogP contribution in [-0.4, -0.2) is 38.1 Å². The first-order valence-electron chi connectivity index (χ1n) is 4.61. The SMILES string of the molecule is COC(=O)/C(OC(C)=O)=C(/OC(C)=O)C(=O)OC. The van der Waals surface area contributed by atoms with Gasteiger partial charge in [0.25, 0.3) is 11.5 Å². The number of hydrogen-bond acceptors (Lipinski definition) is 8. The number of hydrogen-bond donors (Lipinski definition) is 0. The van der Waals surface area contributed by atoms with Crippen LogP contribution in [0.2, 0.25) is 0 Å². The molecule has 0 aromatic heterocycles. The minimum Gasteiger partial charge on any atom is -0.463 e. The van der Waals surface area contributed by atoms with E-state index in [-0.39, 0.29) is 0 Å². The Morgan fingerprint density at radius 2 is 0.944 bits per heavy atom. The molecular formula is C10H12O8. The summed E-state index contributed by atoms with van der Waals surface area (Å²) in [6.45, 7) is 1.98. The summed E-state index contributed by atoms with van der Waals surface area (Å²) in [7, 11) is 1.99. The van der Waals surface area contributed by atoms with Gasteiger partial charge in [0.15, 0.2) is 0 Å². The van der Waals surface area contributed by atoms with Gasteiger partial charge in [-0.3, -0.25) is 9.59 Å². The molecule has 0 aliphatic rings. The van der Waals surface area contributed by atoms with Crippen LogP contribution in [-0.2, 0) is 38.1 Å². The van der Waals surface area contributed by atoms with Crippen molar-refractivity contribution in [2.24, 2.45) is 0 Å². The number of methoxy groups -OCH3 is 2. The topological polar surface area (TPSA) is 105 Å². The van der Waals surface area contributed by atoms with Gasteiger partial charge in [-0.2, -0.15) is 0 Å². The zero-order valence-corrected chi connectivity index (χ0v) is 10.3. The second-order valence-corrected chi connectivity index (χ2v) is 2.83. The third-order valence-corrected chi connectivity index (χ3v) is 1.44. The van der Waals surface area contributed by atoms with Gasteiger partial charge >= 0.3 is 23.9 Å². The lowest BCUT2D eigenvalue weighted by Gasteiger charge is -2.10. The maximum Gasteiger partial charge on any atom is 0.378 e. The van der Waals surface area contributed by atoms with Gasteiger partial charge in [-0.1, -0.05) is 0 Å². The van der Waals surface area contributed by atoms with Crippen molar-refractivity contribution in [2.75, 3.05) is 14.2 Å². The molecule has 0 spiro atoms. The fourth-order valence-corrected chi connectivity index (χ4v) is 0.834. The van der Waals surface area contributed by atoms with E-state index in [0.717, 1.165) is 28.1 Å². The van der Waals surface area contributed by atoms with Crippen LogP contribution in [0.5, 0.6) is 0 Å². The lowest BCUT2D eigenvalue weighted by Crippen LogP contribution is -2.21. The van der Waals surface area contributed by atoms with Gasteiger partial charge in [0.05, 0.1) is 14.2 Å². The molecule has 8 nitrogen and oxygen atoms in total. The molecule has 0 amide bonds. The predicted octanol–water partition coefficient (Wildman–Crippen LogP) is -0.330. The summed E-state index contributed by atoms with van der Waals surface area (Å²) in [5.41, 5.74) is 0. The van der Waals surface area contributed by atoms with Crippen LogP contribution in [0.15, 0.2) is 11.5 Å². The number of rotatable bonds is 4. The first kappa shape index (κ1) is 15.6. The molecule has 0 saturated carbocycles. The summed E-state index contributed by atoms with van der Waals surface area (Å²) in [6, 6.07) is 0.